The zero-order valence-corrected chi connectivity index (χ0v) is 32.0. The average Bonchev–Trinajstić information content (AvgIpc) is 3.59. The lowest BCUT2D eigenvalue weighted by Crippen LogP contribution is -2.03. The summed E-state index contributed by atoms with van der Waals surface area (Å²) in [6, 6.07) is 44.0. The highest BCUT2D eigenvalue weighted by atomic mass is 16.3. The molecule has 258 valence electrons. The van der Waals surface area contributed by atoms with E-state index >= 15 is 0 Å². The van der Waals surface area contributed by atoms with Crippen LogP contribution in [0.1, 0.15) is 44.5 Å². The van der Waals surface area contributed by atoms with Gasteiger partial charge in [-0.2, -0.15) is 0 Å². The number of fused-ring (bicyclic) bond motifs is 5. The van der Waals surface area contributed by atoms with E-state index in [1.807, 2.05) is 0 Å². The van der Waals surface area contributed by atoms with Gasteiger partial charge < -0.3 is 4.42 Å². The zero-order chi connectivity index (χ0) is 36.7. The molecule has 9 rings (SSSR count). The number of furan rings is 1. The molecule has 0 spiro atoms. The van der Waals surface area contributed by atoms with Crippen LogP contribution in [0, 0.1) is 55.4 Å². The predicted molar refractivity (Wildman–Crippen MR) is 228 cm³/mol. The molecule has 0 saturated heterocycles. The Morgan fingerprint density at radius 2 is 0.679 bits per heavy atom. The minimum absolute atomic E-state index is 0.926. The Hall–Kier alpha value is -5.92. The molecular formula is C52H44O. The molecule has 1 heterocycles. The van der Waals surface area contributed by atoms with Gasteiger partial charge in [0, 0.05) is 10.8 Å². The Balaban J connectivity index is 1.38. The Morgan fingerprint density at radius 1 is 0.283 bits per heavy atom. The molecule has 0 unspecified atom stereocenters. The van der Waals surface area contributed by atoms with Crippen LogP contribution in [-0.2, 0) is 0 Å². The molecule has 0 aliphatic heterocycles. The van der Waals surface area contributed by atoms with Crippen LogP contribution in [0.2, 0.25) is 0 Å². The molecule has 8 aromatic carbocycles. The molecule has 0 aliphatic rings. The summed E-state index contributed by atoms with van der Waals surface area (Å²) in [6.45, 7) is 18.5. The lowest BCUT2D eigenvalue weighted by Gasteiger charge is -2.27. The largest absolute Gasteiger partial charge is 0.456 e. The lowest BCUT2D eigenvalue weighted by molar-refractivity contribution is 0.669. The first kappa shape index (κ1) is 33.0. The van der Waals surface area contributed by atoms with Crippen molar-refractivity contribution in [2.24, 2.45) is 0 Å². The maximum Gasteiger partial charge on any atom is 0.136 e. The SMILES string of the molecule is Cc1c(C)c(C)c2c(-c3cccc4oc5ccccc5c34)c3c(C)c(C)c(C)c(C)c3c(-c3ccc(-c4ccc(-c5ccccc5)cc4)cc3)c2c1C. The van der Waals surface area contributed by atoms with Crippen LogP contribution in [0.4, 0.5) is 0 Å². The molecule has 53 heavy (non-hydrogen) atoms. The molecule has 0 atom stereocenters. The molecule has 0 aliphatic carbocycles. The van der Waals surface area contributed by atoms with Crippen molar-refractivity contribution < 1.29 is 4.42 Å². The van der Waals surface area contributed by atoms with Gasteiger partial charge in [0.1, 0.15) is 11.2 Å². The molecule has 0 bridgehead atoms. The summed E-state index contributed by atoms with van der Waals surface area (Å²) >= 11 is 0. The van der Waals surface area contributed by atoms with Gasteiger partial charge in [0.2, 0.25) is 0 Å². The predicted octanol–water partition coefficient (Wildman–Crippen LogP) is 15.0. The van der Waals surface area contributed by atoms with E-state index in [0.29, 0.717) is 0 Å². The molecule has 1 heteroatoms. The first-order chi connectivity index (χ1) is 25.7. The average molecular weight is 685 g/mol. The topological polar surface area (TPSA) is 13.1 Å². The van der Waals surface area contributed by atoms with E-state index in [4.69, 9.17) is 4.42 Å². The first-order valence-corrected chi connectivity index (χ1v) is 18.8. The summed E-state index contributed by atoms with van der Waals surface area (Å²) < 4.78 is 6.50. The van der Waals surface area contributed by atoms with Crippen LogP contribution in [0.25, 0.3) is 88.0 Å². The molecule has 0 saturated carbocycles. The second-order valence-electron chi connectivity index (χ2n) is 15.0. The number of para-hydroxylation sites is 1. The monoisotopic (exact) mass is 684 g/mol. The van der Waals surface area contributed by atoms with E-state index < -0.39 is 0 Å². The van der Waals surface area contributed by atoms with Gasteiger partial charge in [-0.25, -0.2) is 0 Å². The van der Waals surface area contributed by atoms with Gasteiger partial charge in [0.05, 0.1) is 0 Å². The normalized spacial score (nSPS) is 11.8. The van der Waals surface area contributed by atoms with Crippen LogP contribution in [0.15, 0.2) is 126 Å². The van der Waals surface area contributed by atoms with Crippen molar-refractivity contribution in [2.45, 2.75) is 55.4 Å². The molecule has 0 radical (unpaired) electrons. The van der Waals surface area contributed by atoms with E-state index in [1.54, 1.807) is 0 Å². The van der Waals surface area contributed by atoms with E-state index in [0.717, 1.165) is 16.6 Å². The highest BCUT2D eigenvalue weighted by Gasteiger charge is 2.27. The number of hydrogen-bond acceptors (Lipinski definition) is 1. The Bertz CT molecular complexity index is 2840. The molecule has 1 aromatic heterocycles. The highest BCUT2D eigenvalue weighted by molar-refractivity contribution is 6.28. The van der Waals surface area contributed by atoms with Crippen LogP contribution >= 0.6 is 0 Å². The maximum atomic E-state index is 6.50. The fourth-order valence-corrected chi connectivity index (χ4v) is 8.98. The molecule has 0 amide bonds. The Morgan fingerprint density at radius 3 is 1.19 bits per heavy atom. The van der Waals surface area contributed by atoms with Gasteiger partial charge in [-0.15, -0.1) is 0 Å². The number of hydrogen-bond donors (Lipinski definition) is 0. The quantitative estimate of drug-likeness (QED) is 0.168. The number of aryl methyl sites for hydroxylation is 4. The van der Waals surface area contributed by atoms with Crippen molar-refractivity contribution in [2.75, 3.05) is 0 Å². The first-order valence-electron chi connectivity index (χ1n) is 18.8. The minimum atomic E-state index is 0.926. The van der Waals surface area contributed by atoms with Crippen molar-refractivity contribution in [1.82, 2.24) is 0 Å². The molecule has 9 aromatic rings. The fourth-order valence-electron chi connectivity index (χ4n) is 8.98. The van der Waals surface area contributed by atoms with Crippen LogP contribution in [-0.4, -0.2) is 0 Å². The summed E-state index contributed by atoms with van der Waals surface area (Å²) in [7, 11) is 0. The number of benzene rings is 8. The summed E-state index contributed by atoms with van der Waals surface area (Å²) in [5, 5.41) is 7.74. The second kappa shape index (κ2) is 12.3. The van der Waals surface area contributed by atoms with Gasteiger partial charge in [0.25, 0.3) is 0 Å². The van der Waals surface area contributed by atoms with Crippen molar-refractivity contribution in [3.05, 3.63) is 166 Å². The smallest absolute Gasteiger partial charge is 0.136 e. The second-order valence-corrected chi connectivity index (χ2v) is 15.0. The van der Waals surface area contributed by atoms with Gasteiger partial charge in [0.15, 0.2) is 0 Å². The summed E-state index contributed by atoms with van der Waals surface area (Å²) in [5.74, 6) is 0. The lowest BCUT2D eigenvalue weighted by atomic mass is 9.76. The molecule has 0 N–H and O–H groups in total. The van der Waals surface area contributed by atoms with E-state index in [9.17, 15) is 0 Å². The minimum Gasteiger partial charge on any atom is -0.456 e. The molecular weight excluding hydrogens is 641 g/mol. The van der Waals surface area contributed by atoms with Gasteiger partial charge in [-0.05, 0) is 178 Å². The van der Waals surface area contributed by atoms with Crippen LogP contribution in [0.3, 0.4) is 0 Å². The van der Waals surface area contributed by atoms with Gasteiger partial charge in [-0.3, -0.25) is 0 Å². The van der Waals surface area contributed by atoms with E-state index in [2.05, 4.69) is 177 Å². The molecule has 1 nitrogen and oxygen atoms in total. The third-order valence-corrected chi connectivity index (χ3v) is 12.5. The van der Waals surface area contributed by atoms with Gasteiger partial charge >= 0.3 is 0 Å². The zero-order valence-electron chi connectivity index (χ0n) is 32.0. The fraction of sp³-hybridized carbons (Fsp3) is 0.154. The Kier molecular flexibility index (Phi) is 7.68. The van der Waals surface area contributed by atoms with Crippen LogP contribution < -0.4 is 0 Å². The van der Waals surface area contributed by atoms with Crippen molar-refractivity contribution in [3.63, 3.8) is 0 Å². The summed E-state index contributed by atoms with van der Waals surface area (Å²) in [5.41, 5.74) is 22.7. The van der Waals surface area contributed by atoms with Crippen molar-refractivity contribution >= 4 is 43.5 Å². The summed E-state index contributed by atoms with van der Waals surface area (Å²) in [6.07, 6.45) is 0. The number of rotatable bonds is 4. The molecule has 0 fully saturated rings. The third kappa shape index (κ3) is 4.91. The van der Waals surface area contributed by atoms with Crippen molar-refractivity contribution in [1.29, 1.82) is 0 Å². The van der Waals surface area contributed by atoms with Crippen LogP contribution in [0.5, 0.6) is 0 Å². The van der Waals surface area contributed by atoms with Gasteiger partial charge in [-0.1, -0.05) is 109 Å². The van der Waals surface area contributed by atoms with Crippen molar-refractivity contribution in [3.8, 4) is 44.5 Å². The standard InChI is InChI=1S/C52H44O/c1-29-31(3)35(7)48-46(33(29)5)50(41-27-25-40(26-28-41)39-23-21-38(22-24-39)37-15-10-9-11-16-37)47-34(6)30(2)32(4)36(8)49(47)52(48)43-18-14-20-45-51(43)42-17-12-13-19-44(42)53-45/h9-28H,1-8H3. The summed E-state index contributed by atoms with van der Waals surface area (Å²) in [4.78, 5) is 0. The van der Waals surface area contributed by atoms with E-state index in [1.165, 1.54) is 116 Å². The third-order valence-electron chi connectivity index (χ3n) is 12.5. The Labute approximate surface area is 312 Å². The highest BCUT2D eigenvalue weighted by Crippen LogP contribution is 2.52. The maximum absolute atomic E-state index is 6.50. The van der Waals surface area contributed by atoms with E-state index in [-0.39, 0.29) is 0 Å².